The van der Waals surface area contributed by atoms with Crippen LogP contribution in [0.1, 0.15) is 6.92 Å². The van der Waals surface area contributed by atoms with Crippen LogP contribution in [0.25, 0.3) is 11.3 Å². The molecule has 1 fully saturated rings. The number of halogens is 1. The van der Waals surface area contributed by atoms with E-state index in [1.807, 2.05) is 48.2 Å². The van der Waals surface area contributed by atoms with Crippen LogP contribution in [-0.4, -0.2) is 55.7 Å². The van der Waals surface area contributed by atoms with Crippen molar-refractivity contribution in [3.8, 4) is 17.0 Å². The summed E-state index contributed by atoms with van der Waals surface area (Å²) in [5.41, 5.74) is 1.73. The Morgan fingerprint density at radius 2 is 1.71 bits per heavy atom. The molecule has 4 rings (SSSR count). The lowest BCUT2D eigenvalue weighted by Gasteiger charge is -2.34. The van der Waals surface area contributed by atoms with Crippen molar-refractivity contribution in [1.29, 1.82) is 0 Å². The van der Waals surface area contributed by atoms with Crippen molar-refractivity contribution >= 4 is 27.4 Å². The van der Waals surface area contributed by atoms with Crippen molar-refractivity contribution in [2.45, 2.75) is 11.8 Å². The molecule has 0 aliphatic carbocycles. The molecule has 3 aromatic rings. The third-order valence-electron chi connectivity index (χ3n) is 5.11. The highest BCUT2D eigenvalue weighted by molar-refractivity contribution is 7.89. The van der Waals surface area contributed by atoms with Gasteiger partial charge in [0.15, 0.2) is 5.82 Å². The number of hydrogen-bond donors (Lipinski definition) is 0. The van der Waals surface area contributed by atoms with E-state index in [1.165, 1.54) is 10.4 Å². The summed E-state index contributed by atoms with van der Waals surface area (Å²) in [5, 5.41) is 9.10. The van der Waals surface area contributed by atoms with Gasteiger partial charge in [0.2, 0.25) is 10.0 Å². The predicted molar refractivity (Wildman–Crippen MR) is 121 cm³/mol. The average molecular weight is 459 g/mol. The Hall–Kier alpha value is -2.68. The summed E-state index contributed by atoms with van der Waals surface area (Å²) < 4.78 is 32.7. The van der Waals surface area contributed by atoms with Crippen LogP contribution >= 0.6 is 11.6 Å². The third kappa shape index (κ3) is 4.81. The second kappa shape index (κ2) is 9.21. The molecule has 1 aromatic heterocycles. The Morgan fingerprint density at radius 3 is 2.32 bits per heavy atom. The second-order valence-corrected chi connectivity index (χ2v) is 9.46. The third-order valence-corrected chi connectivity index (χ3v) is 7.24. The summed E-state index contributed by atoms with van der Waals surface area (Å²) >= 11 is 5.96. The first-order chi connectivity index (χ1) is 15.0. The van der Waals surface area contributed by atoms with Gasteiger partial charge in [-0.15, -0.1) is 10.2 Å². The van der Waals surface area contributed by atoms with E-state index in [2.05, 4.69) is 10.2 Å². The van der Waals surface area contributed by atoms with Gasteiger partial charge in [-0.3, -0.25) is 0 Å². The minimum atomic E-state index is -3.56. The van der Waals surface area contributed by atoms with Gasteiger partial charge in [0.25, 0.3) is 0 Å². The Bertz CT molecular complexity index is 1130. The maximum atomic E-state index is 12.9. The van der Waals surface area contributed by atoms with E-state index >= 15 is 0 Å². The van der Waals surface area contributed by atoms with Crippen molar-refractivity contribution < 1.29 is 13.2 Å². The number of ether oxygens (including phenoxy) is 1. The smallest absolute Gasteiger partial charge is 0.243 e. The first-order valence-corrected chi connectivity index (χ1v) is 11.9. The van der Waals surface area contributed by atoms with Crippen molar-refractivity contribution in [2.75, 3.05) is 37.7 Å². The number of sulfonamides is 1. The molecule has 7 nitrogen and oxygen atoms in total. The summed E-state index contributed by atoms with van der Waals surface area (Å²) in [6.45, 7) is 4.40. The van der Waals surface area contributed by atoms with Gasteiger partial charge in [-0.2, -0.15) is 4.31 Å². The van der Waals surface area contributed by atoms with Gasteiger partial charge < -0.3 is 9.64 Å². The summed E-state index contributed by atoms with van der Waals surface area (Å²) in [4.78, 5) is 2.26. The van der Waals surface area contributed by atoms with Gasteiger partial charge in [0.1, 0.15) is 5.75 Å². The van der Waals surface area contributed by atoms with E-state index in [9.17, 15) is 8.42 Å². The molecule has 0 atom stereocenters. The molecule has 0 unspecified atom stereocenters. The monoisotopic (exact) mass is 458 g/mol. The van der Waals surface area contributed by atoms with E-state index in [0.717, 1.165) is 22.8 Å². The number of nitrogens with zero attached hydrogens (tertiary/aromatic N) is 4. The molecule has 0 saturated carbocycles. The lowest BCUT2D eigenvalue weighted by molar-refractivity contribution is 0.340. The SMILES string of the molecule is CCOc1ccc(-c2ccc(N3CCN(S(=O)(=O)c4cccc(Cl)c4)CC3)nn2)cc1. The molecule has 2 aromatic carbocycles. The average Bonchev–Trinajstić information content (AvgIpc) is 2.80. The molecule has 1 aliphatic heterocycles. The van der Waals surface area contributed by atoms with Gasteiger partial charge in [-0.25, -0.2) is 8.42 Å². The molecule has 0 amide bonds. The summed E-state index contributed by atoms with van der Waals surface area (Å²) in [5.74, 6) is 1.55. The molecular formula is C22H23ClN4O3S. The molecular weight excluding hydrogens is 436 g/mol. The Labute approximate surface area is 187 Å². The number of piperazine rings is 1. The highest BCUT2D eigenvalue weighted by Crippen LogP contribution is 2.24. The van der Waals surface area contributed by atoms with Gasteiger partial charge >= 0.3 is 0 Å². The molecule has 2 heterocycles. The summed E-state index contributed by atoms with van der Waals surface area (Å²) in [7, 11) is -3.56. The Kier molecular flexibility index (Phi) is 6.41. The second-order valence-electron chi connectivity index (χ2n) is 7.08. The minimum Gasteiger partial charge on any atom is -0.494 e. The molecule has 0 radical (unpaired) electrons. The number of hydrogen-bond acceptors (Lipinski definition) is 6. The summed E-state index contributed by atoms with van der Waals surface area (Å²) in [6, 6.07) is 17.9. The van der Waals surface area contributed by atoms with E-state index in [0.29, 0.717) is 37.8 Å². The van der Waals surface area contributed by atoms with Crippen LogP contribution in [0.15, 0.2) is 65.6 Å². The van der Waals surface area contributed by atoms with Crippen LogP contribution < -0.4 is 9.64 Å². The predicted octanol–water partition coefficient (Wildman–Crippen LogP) is 3.71. The van der Waals surface area contributed by atoms with E-state index in [1.54, 1.807) is 18.2 Å². The van der Waals surface area contributed by atoms with Crippen molar-refractivity contribution in [1.82, 2.24) is 14.5 Å². The fraction of sp³-hybridized carbons (Fsp3) is 0.273. The summed E-state index contributed by atoms with van der Waals surface area (Å²) in [6.07, 6.45) is 0. The van der Waals surface area contributed by atoms with Crippen molar-refractivity contribution in [3.05, 3.63) is 65.7 Å². The maximum absolute atomic E-state index is 12.9. The van der Waals surface area contributed by atoms with Gasteiger partial charge in [0, 0.05) is 36.8 Å². The first kappa shape index (κ1) is 21.5. The normalized spacial score (nSPS) is 15.1. The zero-order valence-corrected chi connectivity index (χ0v) is 18.7. The highest BCUT2D eigenvalue weighted by atomic mass is 35.5. The number of benzene rings is 2. The molecule has 31 heavy (non-hydrogen) atoms. The zero-order chi connectivity index (χ0) is 21.8. The number of anilines is 1. The topological polar surface area (TPSA) is 75.6 Å². The van der Waals surface area contributed by atoms with Gasteiger partial charge in [-0.05, 0) is 61.5 Å². The lowest BCUT2D eigenvalue weighted by Crippen LogP contribution is -2.49. The number of aromatic nitrogens is 2. The lowest BCUT2D eigenvalue weighted by atomic mass is 10.1. The number of rotatable bonds is 6. The van der Waals surface area contributed by atoms with Crippen LogP contribution in [0.3, 0.4) is 0 Å². The molecule has 9 heteroatoms. The van der Waals surface area contributed by atoms with E-state index in [4.69, 9.17) is 16.3 Å². The van der Waals surface area contributed by atoms with Gasteiger partial charge in [0.05, 0.1) is 17.2 Å². The Morgan fingerprint density at radius 1 is 0.968 bits per heavy atom. The van der Waals surface area contributed by atoms with Gasteiger partial charge in [-0.1, -0.05) is 17.7 Å². The van der Waals surface area contributed by atoms with E-state index in [-0.39, 0.29) is 4.90 Å². The fourth-order valence-corrected chi connectivity index (χ4v) is 5.19. The van der Waals surface area contributed by atoms with Crippen LogP contribution in [0.5, 0.6) is 5.75 Å². The molecule has 0 spiro atoms. The highest BCUT2D eigenvalue weighted by Gasteiger charge is 2.29. The van der Waals surface area contributed by atoms with Crippen LogP contribution in [-0.2, 0) is 10.0 Å². The quantitative estimate of drug-likeness (QED) is 0.560. The fourth-order valence-electron chi connectivity index (χ4n) is 3.47. The molecule has 1 saturated heterocycles. The molecule has 162 valence electrons. The maximum Gasteiger partial charge on any atom is 0.243 e. The van der Waals surface area contributed by atoms with Crippen molar-refractivity contribution in [2.24, 2.45) is 0 Å². The first-order valence-electron chi connectivity index (χ1n) is 10.0. The van der Waals surface area contributed by atoms with Crippen molar-refractivity contribution in [3.63, 3.8) is 0 Å². The van der Waals surface area contributed by atoms with Crippen LogP contribution in [0.2, 0.25) is 5.02 Å². The van der Waals surface area contributed by atoms with E-state index < -0.39 is 10.0 Å². The van der Waals surface area contributed by atoms with Crippen LogP contribution in [0, 0.1) is 0 Å². The standard InChI is InChI=1S/C22H23ClN4O3S/c1-2-30-19-8-6-17(7-9-19)21-10-11-22(25-24-21)26-12-14-27(15-13-26)31(28,29)20-5-3-4-18(23)16-20/h3-11,16H,2,12-15H2,1H3. The molecule has 0 N–H and O–H groups in total. The minimum absolute atomic E-state index is 0.216. The molecule has 0 bridgehead atoms. The van der Waals surface area contributed by atoms with Crippen LogP contribution in [0.4, 0.5) is 5.82 Å². The largest absolute Gasteiger partial charge is 0.494 e. The molecule has 1 aliphatic rings. The Balaban J connectivity index is 1.41. The zero-order valence-electron chi connectivity index (χ0n) is 17.1.